The lowest BCUT2D eigenvalue weighted by molar-refractivity contribution is -0.117. The Hall–Kier alpha value is -1.69. The van der Waals surface area contributed by atoms with Gasteiger partial charge in [0.25, 0.3) is 0 Å². The first-order valence-corrected chi connectivity index (χ1v) is 10.7. The third kappa shape index (κ3) is 5.22. The Morgan fingerprint density at radius 2 is 1.86 bits per heavy atom. The van der Waals surface area contributed by atoms with E-state index in [1.54, 1.807) is 23.5 Å². The topological polar surface area (TPSA) is 63.4 Å². The van der Waals surface area contributed by atoms with E-state index in [0.29, 0.717) is 17.0 Å². The second-order valence-electron chi connectivity index (χ2n) is 8.71. The molecule has 0 saturated heterocycles. The van der Waals surface area contributed by atoms with Gasteiger partial charge in [0.15, 0.2) is 0 Å². The first kappa shape index (κ1) is 21.0. The van der Waals surface area contributed by atoms with E-state index >= 15 is 0 Å². The van der Waals surface area contributed by atoms with Crippen LogP contribution in [0.5, 0.6) is 0 Å². The molecule has 2 aromatic rings. The average Bonchev–Trinajstić information content (AvgIpc) is 2.92. The summed E-state index contributed by atoms with van der Waals surface area (Å²) >= 11 is 7.48. The van der Waals surface area contributed by atoms with Crippen LogP contribution in [0.2, 0.25) is 5.02 Å². The van der Waals surface area contributed by atoms with Crippen molar-refractivity contribution in [2.24, 2.45) is 11.1 Å². The molecule has 1 aliphatic rings. The van der Waals surface area contributed by atoms with Crippen LogP contribution in [0.4, 0.5) is 0 Å². The first-order valence-electron chi connectivity index (χ1n) is 9.54. The number of hydrogen-bond acceptors (Lipinski definition) is 4. The lowest BCUT2D eigenvalue weighted by Gasteiger charge is -2.32. The third-order valence-electron chi connectivity index (χ3n) is 4.83. The predicted octanol–water partition coefficient (Wildman–Crippen LogP) is 4.26. The number of Topliss-reactive ketones (excluding diaryl/α,β-unsaturated/α-hetero) is 1. The highest BCUT2D eigenvalue weighted by atomic mass is 35.5. The Labute approximate surface area is 175 Å². The van der Waals surface area contributed by atoms with Crippen LogP contribution in [0, 0.1) is 5.41 Å². The van der Waals surface area contributed by atoms with Crippen molar-refractivity contribution in [1.29, 1.82) is 0 Å². The molecule has 6 heteroatoms. The van der Waals surface area contributed by atoms with Gasteiger partial charge in [0.1, 0.15) is 5.78 Å². The van der Waals surface area contributed by atoms with Gasteiger partial charge in [0, 0.05) is 47.3 Å². The molecule has 1 aliphatic heterocycles. The van der Waals surface area contributed by atoms with Crippen LogP contribution in [-0.4, -0.2) is 29.7 Å². The summed E-state index contributed by atoms with van der Waals surface area (Å²) in [5.41, 5.74) is 8.47. The molecule has 1 aromatic heterocycles. The number of rotatable bonds is 6. The van der Waals surface area contributed by atoms with E-state index in [4.69, 9.17) is 17.3 Å². The van der Waals surface area contributed by atoms with Crippen molar-refractivity contribution in [3.63, 3.8) is 0 Å². The minimum atomic E-state index is -0.420. The molecule has 0 radical (unpaired) electrons. The molecule has 0 saturated carbocycles. The van der Waals surface area contributed by atoms with Gasteiger partial charge in [-0.2, -0.15) is 0 Å². The molecule has 0 atom stereocenters. The smallest absolute Gasteiger partial charge is 0.250 e. The number of hydrogen-bond donors (Lipinski definition) is 1. The first-order chi connectivity index (χ1) is 13.1. The molecule has 0 fully saturated rings. The minimum absolute atomic E-state index is 0.0787. The van der Waals surface area contributed by atoms with Gasteiger partial charge < -0.3 is 5.73 Å². The molecule has 2 heterocycles. The van der Waals surface area contributed by atoms with Crippen molar-refractivity contribution in [1.82, 2.24) is 4.90 Å². The summed E-state index contributed by atoms with van der Waals surface area (Å²) in [6.45, 7) is 9.43. The number of nitrogens with zero attached hydrogens (tertiary/aromatic N) is 1. The zero-order valence-corrected chi connectivity index (χ0v) is 18.3. The molecule has 0 bridgehead atoms. The molecule has 0 aliphatic carbocycles. The maximum atomic E-state index is 12.6. The summed E-state index contributed by atoms with van der Waals surface area (Å²) in [4.78, 5) is 29.2. The van der Waals surface area contributed by atoms with Gasteiger partial charge in [-0.3, -0.25) is 14.5 Å². The van der Waals surface area contributed by atoms with Crippen LogP contribution in [0.15, 0.2) is 24.3 Å². The number of primary amides is 1. The normalized spacial score (nSPS) is 14.7. The fourth-order valence-electron chi connectivity index (χ4n) is 3.80. The summed E-state index contributed by atoms with van der Waals surface area (Å²) in [6.07, 6.45) is 1.39. The summed E-state index contributed by atoms with van der Waals surface area (Å²) in [5.74, 6) is -0.342. The van der Waals surface area contributed by atoms with E-state index in [2.05, 4.69) is 25.7 Å². The SMILES string of the molecule is CC(C)(C)CN1CCc2c(sc(CC(=O)Cc3ccc(Cl)cc3)c2C(N)=O)C1. The van der Waals surface area contributed by atoms with E-state index in [9.17, 15) is 9.59 Å². The molecule has 0 unspecified atom stereocenters. The van der Waals surface area contributed by atoms with E-state index in [1.807, 2.05) is 12.1 Å². The van der Waals surface area contributed by atoms with Crippen molar-refractivity contribution in [3.8, 4) is 0 Å². The molecule has 150 valence electrons. The van der Waals surface area contributed by atoms with Crippen molar-refractivity contribution < 1.29 is 9.59 Å². The second kappa shape index (κ2) is 8.36. The summed E-state index contributed by atoms with van der Waals surface area (Å²) in [6, 6.07) is 7.29. The molecule has 28 heavy (non-hydrogen) atoms. The molecule has 2 N–H and O–H groups in total. The van der Waals surface area contributed by atoms with Crippen molar-refractivity contribution >= 4 is 34.6 Å². The Morgan fingerprint density at radius 3 is 2.46 bits per heavy atom. The van der Waals surface area contributed by atoms with Gasteiger partial charge in [-0.1, -0.05) is 44.5 Å². The van der Waals surface area contributed by atoms with Crippen LogP contribution in [0.3, 0.4) is 0 Å². The fraction of sp³-hybridized carbons (Fsp3) is 0.455. The maximum absolute atomic E-state index is 12.6. The highest BCUT2D eigenvalue weighted by molar-refractivity contribution is 7.12. The average molecular weight is 419 g/mol. The second-order valence-corrected chi connectivity index (χ2v) is 10.3. The van der Waals surface area contributed by atoms with Gasteiger partial charge in [0.05, 0.1) is 5.56 Å². The van der Waals surface area contributed by atoms with Crippen molar-refractivity contribution in [2.75, 3.05) is 13.1 Å². The Balaban J connectivity index is 1.77. The number of benzene rings is 1. The highest BCUT2D eigenvalue weighted by Crippen LogP contribution is 2.34. The monoisotopic (exact) mass is 418 g/mol. The van der Waals surface area contributed by atoms with Gasteiger partial charge in [-0.25, -0.2) is 0 Å². The number of amides is 1. The molecule has 3 rings (SSSR count). The number of thiophene rings is 1. The number of ketones is 1. The van der Waals surface area contributed by atoms with E-state index < -0.39 is 5.91 Å². The van der Waals surface area contributed by atoms with Gasteiger partial charge >= 0.3 is 0 Å². The highest BCUT2D eigenvalue weighted by Gasteiger charge is 2.29. The maximum Gasteiger partial charge on any atom is 0.250 e. The molecular formula is C22H27ClN2O2S. The number of carbonyl (C=O) groups excluding carboxylic acids is 2. The van der Waals surface area contributed by atoms with Crippen molar-refractivity contribution in [2.45, 2.75) is 46.6 Å². The molecule has 1 aromatic carbocycles. The van der Waals surface area contributed by atoms with Crippen LogP contribution in [-0.2, 0) is 30.6 Å². The van der Waals surface area contributed by atoms with Gasteiger partial charge in [0.2, 0.25) is 5.91 Å². The Morgan fingerprint density at radius 1 is 1.18 bits per heavy atom. The van der Waals surface area contributed by atoms with E-state index in [-0.39, 0.29) is 17.6 Å². The van der Waals surface area contributed by atoms with Crippen LogP contribution in [0.25, 0.3) is 0 Å². The Kier molecular flexibility index (Phi) is 6.28. The largest absolute Gasteiger partial charge is 0.366 e. The van der Waals surface area contributed by atoms with Crippen molar-refractivity contribution in [3.05, 3.63) is 55.7 Å². The fourth-order valence-corrected chi connectivity index (χ4v) is 5.36. The summed E-state index contributed by atoms with van der Waals surface area (Å²) < 4.78 is 0. The summed E-state index contributed by atoms with van der Waals surface area (Å²) in [7, 11) is 0. The number of carbonyl (C=O) groups is 2. The minimum Gasteiger partial charge on any atom is -0.366 e. The molecule has 0 spiro atoms. The van der Waals surface area contributed by atoms with Crippen LogP contribution < -0.4 is 5.73 Å². The summed E-state index contributed by atoms with van der Waals surface area (Å²) in [5, 5.41) is 0.651. The lowest BCUT2D eigenvalue weighted by Crippen LogP contribution is -2.36. The quantitative estimate of drug-likeness (QED) is 0.762. The predicted molar refractivity (Wildman–Crippen MR) is 115 cm³/mol. The number of fused-ring (bicyclic) bond motifs is 1. The van der Waals surface area contributed by atoms with E-state index in [0.717, 1.165) is 42.1 Å². The van der Waals surface area contributed by atoms with Crippen LogP contribution in [0.1, 0.15) is 52.0 Å². The lowest BCUT2D eigenvalue weighted by atomic mass is 9.93. The van der Waals surface area contributed by atoms with E-state index in [1.165, 1.54) is 4.88 Å². The molecule has 1 amide bonds. The zero-order valence-electron chi connectivity index (χ0n) is 16.7. The molecule has 4 nitrogen and oxygen atoms in total. The standard InChI is InChI=1S/C22H27ClN2O2S/c1-22(2,3)13-25-9-8-17-19(12-25)28-18(20(17)21(24)27)11-16(26)10-14-4-6-15(23)7-5-14/h4-7H,8-13H2,1-3H3,(H2,24,27). The number of nitrogens with two attached hydrogens (primary N) is 1. The Bertz CT molecular complexity index is 881. The zero-order chi connectivity index (χ0) is 20.5. The number of halogens is 1. The third-order valence-corrected chi connectivity index (χ3v) is 6.29. The van der Waals surface area contributed by atoms with Crippen LogP contribution >= 0.6 is 22.9 Å². The molecular weight excluding hydrogens is 392 g/mol. The van der Waals surface area contributed by atoms with Gasteiger partial charge in [-0.05, 0) is 35.1 Å². The van der Waals surface area contributed by atoms with Gasteiger partial charge in [-0.15, -0.1) is 11.3 Å².